The van der Waals surface area contributed by atoms with Gasteiger partial charge in [-0.1, -0.05) is 30.3 Å². The number of benzene rings is 4. The zero-order chi connectivity index (χ0) is 26.9. The van der Waals surface area contributed by atoms with Crippen molar-refractivity contribution in [3.05, 3.63) is 121 Å². The van der Waals surface area contributed by atoms with E-state index in [-0.39, 0.29) is 0 Å². The van der Waals surface area contributed by atoms with Crippen LogP contribution in [0.15, 0.2) is 110 Å². The number of nitrogens with zero attached hydrogens (tertiary/aromatic N) is 6. The number of fused-ring (bicyclic) bond motifs is 11. The van der Waals surface area contributed by atoms with Crippen LogP contribution in [0.1, 0.15) is 11.1 Å². The molecule has 0 fully saturated rings. The molecule has 3 aliphatic heterocycles. The van der Waals surface area contributed by atoms with E-state index in [1.807, 2.05) is 0 Å². The summed E-state index contributed by atoms with van der Waals surface area (Å²) in [4.78, 5) is 9.82. The monoisotopic (exact) mass is 538 g/mol. The van der Waals surface area contributed by atoms with Crippen molar-refractivity contribution in [3.63, 3.8) is 0 Å². The first-order valence-corrected chi connectivity index (χ1v) is 14.2. The van der Waals surface area contributed by atoms with Crippen LogP contribution in [0.4, 0.5) is 0 Å². The first kappa shape index (κ1) is 20.1. The van der Waals surface area contributed by atoms with Gasteiger partial charge >= 0.3 is 5.66 Å². The Morgan fingerprint density at radius 1 is 0.619 bits per heavy atom. The van der Waals surface area contributed by atoms with Gasteiger partial charge in [0.05, 0.1) is 11.6 Å². The number of para-hydroxylation sites is 2. The SMILES string of the molecule is c1cc[n+]2c(c1)-n1c3ccccc3c3ccc4c(c31)C21c2c(ccc3c5nccnc5c5c6ccccc6[n+]1n5c23)O4. The fraction of sp³-hybridized carbons (Fsp3) is 0.0286. The second-order valence-electron chi connectivity index (χ2n) is 11.5. The van der Waals surface area contributed by atoms with E-state index in [0.29, 0.717) is 0 Å². The molecule has 12 rings (SSSR count). The van der Waals surface area contributed by atoms with Gasteiger partial charge < -0.3 is 4.74 Å². The molecule has 7 heteroatoms. The van der Waals surface area contributed by atoms with Gasteiger partial charge in [-0.2, -0.15) is 9.13 Å². The Hall–Kier alpha value is -5.82. The highest BCUT2D eigenvalue weighted by molar-refractivity contribution is 6.17. The molecular weight excluding hydrogens is 520 g/mol. The maximum Gasteiger partial charge on any atom is 0.398 e. The molecular formula is C35H18N6O+2. The van der Waals surface area contributed by atoms with Crippen molar-refractivity contribution in [3.8, 4) is 17.3 Å². The van der Waals surface area contributed by atoms with Crippen molar-refractivity contribution in [2.75, 3.05) is 0 Å². The van der Waals surface area contributed by atoms with Crippen molar-refractivity contribution in [2.24, 2.45) is 0 Å². The van der Waals surface area contributed by atoms with Crippen LogP contribution < -0.4 is 14.0 Å². The first-order chi connectivity index (χ1) is 20.9. The maximum absolute atomic E-state index is 6.87. The van der Waals surface area contributed by atoms with Crippen LogP contribution in [-0.2, 0) is 5.66 Å². The average Bonchev–Trinajstić information content (AvgIpc) is 3.68. The summed E-state index contributed by atoms with van der Waals surface area (Å²) in [5.74, 6) is 2.85. The highest BCUT2D eigenvalue weighted by Gasteiger charge is 2.68. The lowest BCUT2D eigenvalue weighted by Crippen LogP contribution is -2.76. The van der Waals surface area contributed by atoms with Crippen LogP contribution in [0, 0.1) is 0 Å². The predicted octanol–water partition coefficient (Wildman–Crippen LogP) is 5.89. The molecule has 192 valence electrons. The summed E-state index contributed by atoms with van der Waals surface area (Å²) in [5, 5.41) is 4.68. The third-order valence-corrected chi connectivity index (χ3v) is 9.77. The second kappa shape index (κ2) is 6.24. The van der Waals surface area contributed by atoms with Gasteiger partial charge in [-0.05, 0) is 53.2 Å². The molecule has 1 atom stereocenters. The molecule has 1 unspecified atom stereocenters. The van der Waals surface area contributed by atoms with E-state index in [9.17, 15) is 0 Å². The van der Waals surface area contributed by atoms with Crippen LogP contribution in [0.25, 0.3) is 66.0 Å². The van der Waals surface area contributed by atoms with Crippen LogP contribution in [0.2, 0.25) is 0 Å². The average molecular weight is 539 g/mol. The zero-order valence-corrected chi connectivity index (χ0v) is 22.0. The molecule has 5 aromatic heterocycles. The molecule has 42 heavy (non-hydrogen) atoms. The summed E-state index contributed by atoms with van der Waals surface area (Å²) < 4.78 is 16.6. The number of rotatable bonds is 0. The molecule has 9 aromatic rings. The van der Waals surface area contributed by atoms with E-state index in [1.165, 1.54) is 21.8 Å². The topological polar surface area (TPSA) is 52.1 Å². The summed E-state index contributed by atoms with van der Waals surface area (Å²) in [5.41, 5.74) is 9.03. The van der Waals surface area contributed by atoms with E-state index >= 15 is 0 Å². The summed E-state index contributed by atoms with van der Waals surface area (Å²) in [6, 6.07) is 32.6. The summed E-state index contributed by atoms with van der Waals surface area (Å²) in [6.45, 7) is 0. The highest BCUT2D eigenvalue weighted by atomic mass is 16.5. The lowest BCUT2D eigenvalue weighted by molar-refractivity contribution is -0.980. The van der Waals surface area contributed by atoms with Gasteiger partial charge in [0.25, 0.3) is 5.82 Å². The van der Waals surface area contributed by atoms with Crippen molar-refractivity contribution in [2.45, 2.75) is 5.66 Å². The Bertz CT molecular complexity index is 2790. The quantitative estimate of drug-likeness (QED) is 0.179. The number of hydrogen-bond acceptors (Lipinski definition) is 3. The van der Waals surface area contributed by atoms with Crippen LogP contribution >= 0.6 is 0 Å². The fourth-order valence-electron chi connectivity index (χ4n) is 8.44. The largest absolute Gasteiger partial charge is 0.456 e. The van der Waals surface area contributed by atoms with Crippen molar-refractivity contribution >= 4 is 60.2 Å². The van der Waals surface area contributed by atoms with Gasteiger partial charge in [-0.3, -0.25) is 9.97 Å². The van der Waals surface area contributed by atoms with Crippen LogP contribution in [0.5, 0.6) is 11.5 Å². The molecule has 0 aliphatic carbocycles. The summed E-state index contributed by atoms with van der Waals surface area (Å²) >= 11 is 0. The molecule has 0 N–H and O–H groups in total. The first-order valence-electron chi connectivity index (χ1n) is 14.2. The normalized spacial score (nSPS) is 17.3. The lowest BCUT2D eigenvalue weighted by atomic mass is 9.83. The van der Waals surface area contributed by atoms with Crippen LogP contribution in [-0.4, -0.2) is 19.1 Å². The third-order valence-electron chi connectivity index (χ3n) is 9.77. The highest BCUT2D eigenvalue weighted by Crippen LogP contribution is 2.56. The van der Waals surface area contributed by atoms with Crippen molar-refractivity contribution in [1.82, 2.24) is 19.1 Å². The van der Waals surface area contributed by atoms with Crippen molar-refractivity contribution in [1.29, 1.82) is 0 Å². The molecule has 3 aliphatic rings. The Labute approximate surface area is 236 Å². The summed E-state index contributed by atoms with van der Waals surface area (Å²) in [7, 11) is 0. The smallest absolute Gasteiger partial charge is 0.398 e. The van der Waals surface area contributed by atoms with Gasteiger partial charge in [-0.15, -0.1) is 4.52 Å². The van der Waals surface area contributed by atoms with Gasteiger partial charge in [0.1, 0.15) is 39.1 Å². The number of hydrogen-bond donors (Lipinski definition) is 0. The van der Waals surface area contributed by atoms with E-state index in [4.69, 9.17) is 14.7 Å². The fourth-order valence-corrected chi connectivity index (χ4v) is 8.44. The minimum atomic E-state index is -0.741. The molecule has 7 nitrogen and oxygen atoms in total. The second-order valence-corrected chi connectivity index (χ2v) is 11.5. The number of aromatic nitrogens is 6. The zero-order valence-electron chi connectivity index (χ0n) is 22.0. The van der Waals surface area contributed by atoms with Gasteiger partial charge in [-0.25, -0.2) is 0 Å². The molecule has 0 saturated carbocycles. The van der Waals surface area contributed by atoms with E-state index in [0.717, 1.165) is 66.8 Å². The molecule has 0 amide bonds. The predicted molar refractivity (Wildman–Crippen MR) is 158 cm³/mol. The number of ether oxygens (including phenoxy) is 1. The molecule has 0 bridgehead atoms. The molecule has 4 aromatic carbocycles. The Morgan fingerprint density at radius 2 is 1.36 bits per heavy atom. The minimum Gasteiger partial charge on any atom is -0.456 e. The van der Waals surface area contributed by atoms with Gasteiger partial charge in [0, 0.05) is 40.7 Å². The Morgan fingerprint density at radius 3 is 2.26 bits per heavy atom. The molecule has 0 radical (unpaired) electrons. The maximum atomic E-state index is 6.87. The third kappa shape index (κ3) is 1.81. The Kier molecular flexibility index (Phi) is 2.99. The minimum absolute atomic E-state index is 0.741. The lowest BCUT2D eigenvalue weighted by Gasteiger charge is -2.33. The number of pyridine rings is 2. The van der Waals surface area contributed by atoms with Crippen LogP contribution in [0.3, 0.4) is 0 Å². The van der Waals surface area contributed by atoms with Gasteiger partial charge in [0.15, 0.2) is 16.6 Å². The Balaban J connectivity index is 1.48. The molecule has 0 saturated heterocycles. The van der Waals surface area contributed by atoms with E-state index < -0.39 is 5.66 Å². The molecule has 1 spiro atoms. The summed E-state index contributed by atoms with van der Waals surface area (Å²) in [6.07, 6.45) is 5.82. The van der Waals surface area contributed by atoms with Crippen molar-refractivity contribution < 1.29 is 14.0 Å². The van der Waals surface area contributed by atoms with E-state index in [2.05, 4.69) is 116 Å². The standard InChI is InChI=1S/C35H18N6O/c1-3-9-23-19(7-1)20-12-14-25-28-32(20)39(23)27-11-5-6-18-38(27)35(28)29-26(42-25)15-13-22-30-31(37-17-16-36-30)34-21-8-2-4-10-24(21)41(35)40(34)33(22)29/h1-18H/q+2. The molecule has 8 heterocycles. The van der Waals surface area contributed by atoms with Gasteiger partial charge in [0.2, 0.25) is 5.52 Å². The van der Waals surface area contributed by atoms with E-state index in [1.54, 1.807) is 12.4 Å².